The average molecular weight is 257 g/mol. The lowest BCUT2D eigenvalue weighted by Gasteiger charge is -2.18. The van der Waals surface area contributed by atoms with E-state index in [1.54, 1.807) is 0 Å². The van der Waals surface area contributed by atoms with Gasteiger partial charge in [0, 0.05) is 12.5 Å². The van der Waals surface area contributed by atoms with Gasteiger partial charge in [-0.05, 0) is 11.1 Å². The highest BCUT2D eigenvalue weighted by molar-refractivity contribution is 5.77. The Hall–Kier alpha value is -2.16. The summed E-state index contributed by atoms with van der Waals surface area (Å²) in [6.07, 6.45) is 0. The molecule has 0 saturated heterocycles. The van der Waals surface area contributed by atoms with Gasteiger partial charge in [-0.1, -0.05) is 60.7 Å². The van der Waals surface area contributed by atoms with Gasteiger partial charge in [-0.3, -0.25) is 4.79 Å². The van der Waals surface area contributed by atoms with Crippen molar-refractivity contribution >= 4 is 5.91 Å². The molecule has 0 aliphatic rings. The van der Waals surface area contributed by atoms with Crippen molar-refractivity contribution in [3.05, 3.63) is 71.8 Å². The number of halogens is 1. The molecule has 0 unspecified atom stereocenters. The van der Waals surface area contributed by atoms with Crippen LogP contribution in [0, 0.1) is 0 Å². The van der Waals surface area contributed by atoms with Crippen LogP contribution in [0.4, 0.5) is 4.39 Å². The van der Waals surface area contributed by atoms with Gasteiger partial charge in [0.25, 0.3) is 5.91 Å². The maximum Gasteiger partial charge on any atom is 0.251 e. The number of carbonyl (C=O) groups excluding carboxylic acids is 1. The molecule has 0 aliphatic heterocycles. The minimum atomic E-state index is -0.976. The Kier molecular flexibility index (Phi) is 4.67. The molecule has 0 radical (unpaired) electrons. The van der Waals surface area contributed by atoms with Crippen molar-refractivity contribution in [3.8, 4) is 0 Å². The van der Waals surface area contributed by atoms with Crippen LogP contribution in [0.5, 0.6) is 0 Å². The molecule has 0 aliphatic carbocycles. The zero-order chi connectivity index (χ0) is 13.5. The molecule has 2 aromatic rings. The lowest BCUT2D eigenvalue weighted by atomic mass is 9.91. The second-order valence-corrected chi connectivity index (χ2v) is 4.31. The maximum absolute atomic E-state index is 12.2. The van der Waals surface area contributed by atoms with Crippen molar-refractivity contribution in [1.29, 1.82) is 0 Å². The number of alkyl halides is 1. The highest BCUT2D eigenvalue weighted by Gasteiger charge is 2.14. The van der Waals surface area contributed by atoms with Gasteiger partial charge in [-0.25, -0.2) is 4.39 Å². The van der Waals surface area contributed by atoms with E-state index in [1.807, 2.05) is 60.7 Å². The fraction of sp³-hybridized carbons (Fsp3) is 0.188. The van der Waals surface area contributed by atoms with Crippen LogP contribution in [0.25, 0.3) is 0 Å². The normalized spacial score (nSPS) is 10.4. The highest BCUT2D eigenvalue weighted by atomic mass is 19.1. The molecule has 0 fully saturated rings. The average Bonchev–Trinajstić information content (AvgIpc) is 2.49. The van der Waals surface area contributed by atoms with Crippen LogP contribution in [-0.2, 0) is 4.79 Å². The van der Waals surface area contributed by atoms with Crippen molar-refractivity contribution in [2.45, 2.75) is 5.92 Å². The Labute approximate surface area is 112 Å². The summed E-state index contributed by atoms with van der Waals surface area (Å²) in [6, 6.07) is 19.8. The van der Waals surface area contributed by atoms with Crippen LogP contribution >= 0.6 is 0 Å². The lowest BCUT2D eigenvalue weighted by Crippen LogP contribution is -2.29. The van der Waals surface area contributed by atoms with Crippen molar-refractivity contribution in [2.75, 3.05) is 13.2 Å². The fourth-order valence-corrected chi connectivity index (χ4v) is 2.06. The SMILES string of the molecule is O=C(CF)NCC(c1ccccc1)c1ccccc1. The monoisotopic (exact) mass is 257 g/mol. The van der Waals surface area contributed by atoms with E-state index in [0.29, 0.717) is 6.54 Å². The van der Waals surface area contributed by atoms with Gasteiger partial charge in [0.2, 0.25) is 0 Å². The first-order valence-corrected chi connectivity index (χ1v) is 6.24. The molecular weight excluding hydrogens is 241 g/mol. The predicted molar refractivity (Wildman–Crippen MR) is 73.7 cm³/mol. The second-order valence-electron chi connectivity index (χ2n) is 4.31. The summed E-state index contributed by atoms with van der Waals surface area (Å²) in [5, 5.41) is 2.62. The van der Waals surface area contributed by atoms with E-state index < -0.39 is 12.6 Å². The van der Waals surface area contributed by atoms with E-state index in [-0.39, 0.29) is 5.92 Å². The number of benzene rings is 2. The van der Waals surface area contributed by atoms with Crippen molar-refractivity contribution < 1.29 is 9.18 Å². The molecule has 98 valence electrons. The van der Waals surface area contributed by atoms with Gasteiger partial charge in [0.15, 0.2) is 6.67 Å². The summed E-state index contributed by atoms with van der Waals surface area (Å²) in [5.74, 6) is -0.533. The first-order valence-electron chi connectivity index (χ1n) is 6.24. The van der Waals surface area contributed by atoms with Crippen LogP contribution in [0.1, 0.15) is 17.0 Å². The molecule has 3 heteroatoms. The van der Waals surface area contributed by atoms with Crippen molar-refractivity contribution in [2.24, 2.45) is 0 Å². The molecule has 0 atom stereocenters. The van der Waals surface area contributed by atoms with Crippen LogP contribution < -0.4 is 5.32 Å². The third-order valence-electron chi connectivity index (χ3n) is 3.03. The summed E-state index contributed by atoms with van der Waals surface area (Å²) in [7, 11) is 0. The Bertz CT molecular complexity index is 473. The number of rotatable bonds is 5. The van der Waals surface area contributed by atoms with Crippen LogP contribution in [0.15, 0.2) is 60.7 Å². The Balaban J connectivity index is 2.21. The summed E-state index contributed by atoms with van der Waals surface area (Å²) >= 11 is 0. The van der Waals surface area contributed by atoms with Crippen molar-refractivity contribution in [3.63, 3.8) is 0 Å². The minimum Gasteiger partial charge on any atom is -0.353 e. The molecule has 1 N–H and O–H groups in total. The molecular formula is C16H16FNO. The fourth-order valence-electron chi connectivity index (χ4n) is 2.06. The van der Waals surface area contributed by atoms with Crippen molar-refractivity contribution in [1.82, 2.24) is 5.32 Å². The molecule has 0 saturated carbocycles. The standard InChI is InChI=1S/C16H16FNO/c17-11-16(19)18-12-15(13-7-3-1-4-8-13)14-9-5-2-6-10-14/h1-10,15H,11-12H2,(H,18,19). The number of amides is 1. The molecule has 0 spiro atoms. The van der Waals surface area contributed by atoms with E-state index in [4.69, 9.17) is 0 Å². The van der Waals surface area contributed by atoms with Gasteiger partial charge in [0.1, 0.15) is 0 Å². The van der Waals surface area contributed by atoms with Crippen LogP contribution in [0.3, 0.4) is 0 Å². The number of carbonyl (C=O) groups is 1. The highest BCUT2D eigenvalue weighted by Crippen LogP contribution is 2.23. The molecule has 0 aromatic heterocycles. The largest absolute Gasteiger partial charge is 0.353 e. The second kappa shape index (κ2) is 6.69. The molecule has 2 aromatic carbocycles. The van der Waals surface area contributed by atoms with E-state index in [2.05, 4.69) is 5.32 Å². The van der Waals surface area contributed by atoms with E-state index in [1.165, 1.54) is 0 Å². The lowest BCUT2D eigenvalue weighted by molar-refractivity contribution is -0.121. The summed E-state index contributed by atoms with van der Waals surface area (Å²) < 4.78 is 12.2. The molecule has 19 heavy (non-hydrogen) atoms. The summed E-state index contributed by atoms with van der Waals surface area (Å²) in [4.78, 5) is 11.1. The topological polar surface area (TPSA) is 29.1 Å². The van der Waals surface area contributed by atoms with Crippen LogP contribution in [0.2, 0.25) is 0 Å². The summed E-state index contributed by atoms with van der Waals surface area (Å²) in [5.41, 5.74) is 2.21. The Morgan fingerprint density at radius 3 is 1.84 bits per heavy atom. The zero-order valence-electron chi connectivity index (χ0n) is 10.6. The number of hydrogen-bond donors (Lipinski definition) is 1. The van der Waals surface area contributed by atoms with Gasteiger partial charge >= 0.3 is 0 Å². The molecule has 2 rings (SSSR count). The third kappa shape index (κ3) is 3.65. The zero-order valence-corrected chi connectivity index (χ0v) is 10.6. The molecule has 0 bridgehead atoms. The molecule has 2 nitrogen and oxygen atoms in total. The summed E-state index contributed by atoms with van der Waals surface area (Å²) in [6.45, 7) is -0.576. The van der Waals surface area contributed by atoms with Gasteiger partial charge in [0.05, 0.1) is 0 Å². The first kappa shape index (κ1) is 13.3. The Morgan fingerprint density at radius 2 is 1.42 bits per heavy atom. The predicted octanol–water partition coefficient (Wildman–Crippen LogP) is 2.90. The van der Waals surface area contributed by atoms with Gasteiger partial charge in [-0.2, -0.15) is 0 Å². The smallest absolute Gasteiger partial charge is 0.251 e. The maximum atomic E-state index is 12.2. The first-order chi connectivity index (χ1) is 9.31. The third-order valence-corrected chi connectivity index (χ3v) is 3.03. The Morgan fingerprint density at radius 1 is 0.947 bits per heavy atom. The van der Waals surface area contributed by atoms with Gasteiger partial charge < -0.3 is 5.32 Å². The van der Waals surface area contributed by atoms with E-state index >= 15 is 0 Å². The number of nitrogens with one attached hydrogen (secondary N) is 1. The number of hydrogen-bond acceptors (Lipinski definition) is 1. The minimum absolute atomic E-state index is 0.0397. The molecule has 0 heterocycles. The van der Waals surface area contributed by atoms with E-state index in [0.717, 1.165) is 11.1 Å². The molecule has 1 amide bonds. The van der Waals surface area contributed by atoms with E-state index in [9.17, 15) is 9.18 Å². The van der Waals surface area contributed by atoms with Crippen LogP contribution in [-0.4, -0.2) is 19.1 Å². The van der Waals surface area contributed by atoms with Gasteiger partial charge in [-0.15, -0.1) is 0 Å². The quantitative estimate of drug-likeness (QED) is 0.876.